The minimum atomic E-state index is -1.18. The van der Waals surface area contributed by atoms with Crippen LogP contribution in [-0.4, -0.2) is 27.0 Å². The molecule has 5 heteroatoms. The molecule has 1 aromatic carbocycles. The lowest BCUT2D eigenvalue weighted by Crippen LogP contribution is -2.35. The van der Waals surface area contributed by atoms with Crippen molar-refractivity contribution in [2.45, 2.75) is 44.1 Å². The second-order valence-corrected chi connectivity index (χ2v) is 6.71. The van der Waals surface area contributed by atoms with Crippen molar-refractivity contribution in [2.75, 3.05) is 5.75 Å². The molecule has 4 nitrogen and oxygen atoms in total. The van der Waals surface area contributed by atoms with Crippen LogP contribution >= 0.6 is 0 Å². The Labute approximate surface area is 122 Å². The van der Waals surface area contributed by atoms with Crippen molar-refractivity contribution in [1.29, 1.82) is 0 Å². The Morgan fingerprint density at radius 3 is 2.40 bits per heavy atom. The fourth-order valence-corrected chi connectivity index (χ4v) is 3.51. The first-order valence-corrected chi connectivity index (χ1v) is 8.49. The van der Waals surface area contributed by atoms with E-state index in [2.05, 4.69) is 5.32 Å². The lowest BCUT2D eigenvalue weighted by Gasteiger charge is -2.11. The first kappa shape index (κ1) is 15.2. The zero-order valence-electron chi connectivity index (χ0n) is 11.5. The molecule has 0 bridgehead atoms. The summed E-state index contributed by atoms with van der Waals surface area (Å²) in [5.41, 5.74) is 1.76. The average molecular weight is 295 g/mol. The summed E-state index contributed by atoms with van der Waals surface area (Å²) < 4.78 is 12.0. The number of benzene rings is 1. The van der Waals surface area contributed by atoms with Crippen LogP contribution in [-0.2, 0) is 28.0 Å². The number of hydrogen-bond donors (Lipinski definition) is 2. The molecule has 0 saturated heterocycles. The third-order valence-electron chi connectivity index (χ3n) is 3.55. The van der Waals surface area contributed by atoms with E-state index in [9.17, 15) is 9.00 Å². The molecule has 0 aliphatic heterocycles. The van der Waals surface area contributed by atoms with Gasteiger partial charge in [0.15, 0.2) is 0 Å². The van der Waals surface area contributed by atoms with Crippen LogP contribution < -0.4 is 5.32 Å². The van der Waals surface area contributed by atoms with E-state index >= 15 is 0 Å². The van der Waals surface area contributed by atoms with E-state index < -0.39 is 10.8 Å². The van der Waals surface area contributed by atoms with Crippen molar-refractivity contribution in [3.05, 3.63) is 35.4 Å². The van der Waals surface area contributed by atoms with Gasteiger partial charge in [-0.05, 0) is 24.0 Å². The summed E-state index contributed by atoms with van der Waals surface area (Å²) in [5.74, 6) is 0.337. The third kappa shape index (κ3) is 4.72. The van der Waals surface area contributed by atoms with Crippen LogP contribution in [0.15, 0.2) is 24.3 Å². The average Bonchev–Trinajstić information content (AvgIpc) is 2.92. The number of carbonyl (C=O) groups excluding carboxylic acids is 1. The Morgan fingerprint density at radius 1 is 1.20 bits per heavy atom. The minimum Gasteiger partial charge on any atom is -0.392 e. The summed E-state index contributed by atoms with van der Waals surface area (Å²) in [6.07, 6.45) is 4.43. The molecule has 2 rings (SSSR count). The number of aliphatic hydroxyl groups is 1. The van der Waals surface area contributed by atoms with E-state index in [0.29, 0.717) is 5.75 Å². The molecule has 1 unspecified atom stereocenters. The Kier molecular flexibility index (Phi) is 5.73. The van der Waals surface area contributed by atoms with E-state index in [1.165, 1.54) is 12.8 Å². The molecule has 1 aliphatic carbocycles. The largest absolute Gasteiger partial charge is 0.392 e. The number of aliphatic hydroxyl groups excluding tert-OH is 1. The highest BCUT2D eigenvalue weighted by molar-refractivity contribution is 7.84. The standard InChI is InChI=1S/C15H21NO3S/c17-9-12-5-7-13(8-6-12)10-20(19)11-15(18)16-14-3-1-2-4-14/h5-8,14,17H,1-4,9-11H2,(H,16,18). The SMILES string of the molecule is O=C(CS(=O)Cc1ccc(CO)cc1)NC1CCCC1. The molecular weight excluding hydrogens is 274 g/mol. The first-order valence-electron chi connectivity index (χ1n) is 7.00. The van der Waals surface area contributed by atoms with Gasteiger partial charge in [0.25, 0.3) is 0 Å². The van der Waals surface area contributed by atoms with Gasteiger partial charge in [0.1, 0.15) is 5.75 Å². The molecule has 1 saturated carbocycles. The van der Waals surface area contributed by atoms with Crippen LogP contribution in [0.2, 0.25) is 0 Å². The zero-order valence-corrected chi connectivity index (χ0v) is 12.3. The molecule has 2 N–H and O–H groups in total. The van der Waals surface area contributed by atoms with Crippen molar-refractivity contribution < 1.29 is 14.1 Å². The zero-order chi connectivity index (χ0) is 14.4. The maximum atomic E-state index is 12.0. The van der Waals surface area contributed by atoms with Gasteiger partial charge in [-0.25, -0.2) is 0 Å². The normalized spacial score (nSPS) is 17.1. The van der Waals surface area contributed by atoms with Crippen molar-refractivity contribution in [1.82, 2.24) is 5.32 Å². The lowest BCUT2D eigenvalue weighted by molar-refractivity contribution is -0.119. The van der Waals surface area contributed by atoms with Crippen LogP contribution in [0.4, 0.5) is 0 Å². The Balaban J connectivity index is 1.77. The van der Waals surface area contributed by atoms with Gasteiger partial charge in [-0.3, -0.25) is 9.00 Å². The third-order valence-corrected chi connectivity index (χ3v) is 4.79. The quantitative estimate of drug-likeness (QED) is 0.835. The number of nitrogens with one attached hydrogen (secondary N) is 1. The molecule has 1 atom stereocenters. The van der Waals surface area contributed by atoms with E-state index in [1.54, 1.807) is 0 Å². The van der Waals surface area contributed by atoms with Gasteiger partial charge in [0.05, 0.1) is 6.61 Å². The minimum absolute atomic E-state index is 0.00711. The monoisotopic (exact) mass is 295 g/mol. The van der Waals surface area contributed by atoms with E-state index in [0.717, 1.165) is 24.0 Å². The van der Waals surface area contributed by atoms with Gasteiger partial charge in [-0.1, -0.05) is 37.1 Å². The molecule has 1 aliphatic rings. The molecule has 110 valence electrons. The Morgan fingerprint density at radius 2 is 1.80 bits per heavy atom. The van der Waals surface area contributed by atoms with E-state index in [1.807, 2.05) is 24.3 Å². The highest BCUT2D eigenvalue weighted by Gasteiger charge is 2.18. The van der Waals surface area contributed by atoms with Crippen molar-refractivity contribution in [3.63, 3.8) is 0 Å². The highest BCUT2D eigenvalue weighted by atomic mass is 32.2. The number of amides is 1. The molecule has 20 heavy (non-hydrogen) atoms. The first-order chi connectivity index (χ1) is 9.67. The van der Waals surface area contributed by atoms with Crippen LogP contribution in [0, 0.1) is 0 Å². The number of carbonyl (C=O) groups is 1. The molecule has 1 amide bonds. The molecular formula is C15H21NO3S. The summed E-state index contributed by atoms with van der Waals surface area (Å²) in [7, 11) is -1.18. The smallest absolute Gasteiger partial charge is 0.232 e. The topological polar surface area (TPSA) is 66.4 Å². The summed E-state index contributed by atoms with van der Waals surface area (Å²) >= 11 is 0. The number of hydrogen-bond acceptors (Lipinski definition) is 3. The lowest BCUT2D eigenvalue weighted by atomic mass is 10.2. The summed E-state index contributed by atoms with van der Waals surface area (Å²) in [6.45, 7) is 0.00711. The van der Waals surface area contributed by atoms with Gasteiger partial charge < -0.3 is 10.4 Å². The highest BCUT2D eigenvalue weighted by Crippen LogP contribution is 2.17. The van der Waals surface area contributed by atoms with Crippen molar-refractivity contribution in [2.24, 2.45) is 0 Å². The molecule has 0 heterocycles. The summed E-state index contributed by atoms with van der Waals surface area (Å²) in [5, 5.41) is 11.9. The second-order valence-electron chi connectivity index (χ2n) is 5.25. The van der Waals surface area contributed by atoms with Gasteiger partial charge >= 0.3 is 0 Å². The van der Waals surface area contributed by atoms with Gasteiger partial charge in [0, 0.05) is 22.6 Å². The predicted molar refractivity (Wildman–Crippen MR) is 79.5 cm³/mol. The maximum absolute atomic E-state index is 12.0. The predicted octanol–water partition coefficient (Wildman–Crippen LogP) is 1.49. The maximum Gasteiger partial charge on any atom is 0.232 e. The Bertz CT molecular complexity index is 467. The van der Waals surface area contributed by atoms with Crippen LogP contribution in [0.3, 0.4) is 0 Å². The number of rotatable bonds is 6. The van der Waals surface area contributed by atoms with Crippen LogP contribution in [0.1, 0.15) is 36.8 Å². The molecule has 1 fully saturated rings. The van der Waals surface area contributed by atoms with Crippen LogP contribution in [0.25, 0.3) is 0 Å². The summed E-state index contributed by atoms with van der Waals surface area (Å²) in [4.78, 5) is 11.8. The van der Waals surface area contributed by atoms with Gasteiger partial charge in [-0.15, -0.1) is 0 Å². The molecule has 0 radical (unpaired) electrons. The van der Waals surface area contributed by atoms with Gasteiger partial charge in [0.2, 0.25) is 5.91 Å². The molecule has 1 aromatic rings. The summed E-state index contributed by atoms with van der Waals surface area (Å²) in [6, 6.07) is 7.59. The van der Waals surface area contributed by atoms with Crippen molar-refractivity contribution in [3.8, 4) is 0 Å². The van der Waals surface area contributed by atoms with E-state index in [4.69, 9.17) is 5.11 Å². The molecule has 0 aromatic heterocycles. The fourth-order valence-electron chi connectivity index (χ4n) is 2.46. The Hall–Kier alpha value is -1.20. The van der Waals surface area contributed by atoms with E-state index in [-0.39, 0.29) is 24.3 Å². The van der Waals surface area contributed by atoms with Gasteiger partial charge in [-0.2, -0.15) is 0 Å². The second kappa shape index (κ2) is 7.55. The van der Waals surface area contributed by atoms with Crippen molar-refractivity contribution >= 4 is 16.7 Å². The fraction of sp³-hybridized carbons (Fsp3) is 0.533. The van der Waals surface area contributed by atoms with Crippen LogP contribution in [0.5, 0.6) is 0 Å². The molecule has 0 spiro atoms.